The molecule has 0 radical (unpaired) electrons. The summed E-state index contributed by atoms with van der Waals surface area (Å²) >= 11 is 7.82. The Morgan fingerprint density at radius 2 is 2.37 bits per heavy atom. The highest BCUT2D eigenvalue weighted by molar-refractivity contribution is 7.98. The Labute approximate surface area is 124 Å². The van der Waals surface area contributed by atoms with Gasteiger partial charge in [-0.05, 0) is 30.7 Å². The van der Waals surface area contributed by atoms with Crippen LogP contribution in [0.5, 0.6) is 0 Å². The predicted octanol–water partition coefficient (Wildman–Crippen LogP) is 1.89. The average Bonchev–Trinajstić information content (AvgIpc) is 2.81. The quantitative estimate of drug-likeness (QED) is 0.673. The van der Waals surface area contributed by atoms with Crippen LogP contribution in [0.4, 0.5) is 0 Å². The van der Waals surface area contributed by atoms with Gasteiger partial charge in [-0.1, -0.05) is 23.7 Å². The van der Waals surface area contributed by atoms with E-state index in [2.05, 4.69) is 16.7 Å². The fourth-order valence-electron chi connectivity index (χ4n) is 2.16. The van der Waals surface area contributed by atoms with Crippen LogP contribution in [0.15, 0.2) is 24.3 Å². The number of thioether (sulfide) groups is 1. The number of nitrogens with one attached hydrogen (secondary N) is 2. The molecule has 2 rings (SSSR count). The van der Waals surface area contributed by atoms with Crippen molar-refractivity contribution < 1.29 is 5.11 Å². The van der Waals surface area contributed by atoms with E-state index < -0.39 is 5.60 Å². The number of halogens is 1. The van der Waals surface area contributed by atoms with Crippen molar-refractivity contribution in [1.82, 2.24) is 10.6 Å². The highest BCUT2D eigenvalue weighted by Crippen LogP contribution is 2.16. The molecular weight excluding hydrogens is 280 g/mol. The smallest absolute Gasteiger partial charge is 0.0907 e. The first-order valence-electron chi connectivity index (χ1n) is 6.64. The lowest BCUT2D eigenvalue weighted by Gasteiger charge is -2.21. The number of β-amino-alcohol motifs (C(OH)–C–C–N with tert-alkyl or cyclic N) is 1. The van der Waals surface area contributed by atoms with Crippen LogP contribution >= 0.6 is 23.4 Å². The molecule has 0 saturated carbocycles. The summed E-state index contributed by atoms with van der Waals surface area (Å²) in [5, 5.41) is 17.4. The Morgan fingerprint density at radius 1 is 1.47 bits per heavy atom. The molecule has 1 unspecified atom stereocenters. The lowest BCUT2D eigenvalue weighted by Crippen LogP contribution is -2.42. The number of hydrogen-bond acceptors (Lipinski definition) is 4. The van der Waals surface area contributed by atoms with Gasteiger partial charge in [0.15, 0.2) is 0 Å². The Morgan fingerprint density at radius 3 is 3.11 bits per heavy atom. The largest absolute Gasteiger partial charge is 0.387 e. The maximum atomic E-state index is 10.1. The van der Waals surface area contributed by atoms with Gasteiger partial charge >= 0.3 is 0 Å². The van der Waals surface area contributed by atoms with E-state index in [1.165, 1.54) is 5.56 Å². The topological polar surface area (TPSA) is 44.3 Å². The van der Waals surface area contributed by atoms with Crippen molar-refractivity contribution in [3.63, 3.8) is 0 Å². The minimum Gasteiger partial charge on any atom is -0.387 e. The third-order valence-electron chi connectivity index (χ3n) is 3.26. The Hall–Kier alpha value is -0.260. The van der Waals surface area contributed by atoms with Gasteiger partial charge in [0.2, 0.25) is 0 Å². The van der Waals surface area contributed by atoms with Gasteiger partial charge in [0.25, 0.3) is 0 Å². The molecule has 0 amide bonds. The van der Waals surface area contributed by atoms with Crippen LogP contribution in [0, 0.1) is 0 Å². The minimum atomic E-state index is -0.544. The van der Waals surface area contributed by atoms with Crippen LogP contribution in [0.25, 0.3) is 0 Å². The number of aliphatic hydroxyl groups is 1. The summed E-state index contributed by atoms with van der Waals surface area (Å²) in [6.07, 6.45) is 0.843. The molecule has 1 aliphatic heterocycles. The lowest BCUT2D eigenvalue weighted by molar-refractivity contribution is 0.0619. The van der Waals surface area contributed by atoms with Gasteiger partial charge in [0, 0.05) is 36.2 Å². The SMILES string of the molecule is OC1(CNCCSCc2cccc(Cl)c2)CCNC1. The maximum absolute atomic E-state index is 10.1. The molecule has 1 atom stereocenters. The molecule has 1 heterocycles. The number of rotatable bonds is 7. The van der Waals surface area contributed by atoms with Crippen molar-refractivity contribution in [2.45, 2.75) is 17.8 Å². The van der Waals surface area contributed by atoms with E-state index in [0.717, 1.165) is 36.0 Å². The van der Waals surface area contributed by atoms with E-state index in [1.807, 2.05) is 30.0 Å². The third kappa shape index (κ3) is 5.32. The van der Waals surface area contributed by atoms with Gasteiger partial charge in [-0.3, -0.25) is 0 Å². The fourth-order valence-corrected chi connectivity index (χ4v) is 3.22. The zero-order valence-electron chi connectivity index (χ0n) is 11.0. The number of hydrogen-bond donors (Lipinski definition) is 3. The van der Waals surface area contributed by atoms with E-state index in [4.69, 9.17) is 11.6 Å². The zero-order chi connectivity index (χ0) is 13.6. The van der Waals surface area contributed by atoms with Crippen LogP contribution in [0.1, 0.15) is 12.0 Å². The third-order valence-corrected chi connectivity index (χ3v) is 4.52. The summed E-state index contributed by atoms with van der Waals surface area (Å²) in [5.74, 6) is 2.02. The maximum Gasteiger partial charge on any atom is 0.0907 e. The number of benzene rings is 1. The average molecular weight is 301 g/mol. The second-order valence-corrected chi connectivity index (χ2v) is 6.55. The molecule has 0 aliphatic carbocycles. The molecule has 1 fully saturated rings. The minimum absolute atomic E-state index is 0.544. The van der Waals surface area contributed by atoms with Gasteiger partial charge in [0.05, 0.1) is 5.60 Å². The second-order valence-electron chi connectivity index (χ2n) is 5.01. The van der Waals surface area contributed by atoms with Gasteiger partial charge in [-0.25, -0.2) is 0 Å². The van der Waals surface area contributed by atoms with Crippen LogP contribution in [0.3, 0.4) is 0 Å². The van der Waals surface area contributed by atoms with E-state index in [-0.39, 0.29) is 0 Å². The van der Waals surface area contributed by atoms with E-state index in [1.54, 1.807) is 0 Å². The van der Waals surface area contributed by atoms with Crippen molar-refractivity contribution in [3.8, 4) is 0 Å². The van der Waals surface area contributed by atoms with Crippen LogP contribution < -0.4 is 10.6 Å². The molecule has 0 aromatic heterocycles. The van der Waals surface area contributed by atoms with Crippen molar-refractivity contribution in [3.05, 3.63) is 34.9 Å². The van der Waals surface area contributed by atoms with Gasteiger partial charge in [-0.2, -0.15) is 11.8 Å². The molecule has 5 heteroatoms. The summed E-state index contributed by atoms with van der Waals surface area (Å²) < 4.78 is 0. The first-order valence-corrected chi connectivity index (χ1v) is 8.17. The Kier molecular flexibility index (Phi) is 5.98. The van der Waals surface area contributed by atoms with Crippen molar-refractivity contribution in [1.29, 1.82) is 0 Å². The zero-order valence-corrected chi connectivity index (χ0v) is 12.6. The first-order chi connectivity index (χ1) is 9.18. The lowest BCUT2D eigenvalue weighted by atomic mass is 10.0. The molecule has 0 bridgehead atoms. The molecule has 1 aliphatic rings. The summed E-state index contributed by atoms with van der Waals surface area (Å²) in [4.78, 5) is 0. The molecule has 3 nitrogen and oxygen atoms in total. The fraction of sp³-hybridized carbons (Fsp3) is 0.571. The molecule has 1 aromatic carbocycles. The molecule has 106 valence electrons. The standard InChI is InChI=1S/C14H21ClN2OS/c15-13-3-1-2-12(8-13)9-19-7-6-17-11-14(18)4-5-16-10-14/h1-3,8,16-18H,4-7,9-11H2. The van der Waals surface area contributed by atoms with Crippen LogP contribution in [0.2, 0.25) is 5.02 Å². The summed E-state index contributed by atoms with van der Waals surface area (Å²) in [5.41, 5.74) is 0.716. The van der Waals surface area contributed by atoms with Gasteiger partial charge < -0.3 is 15.7 Å². The monoisotopic (exact) mass is 300 g/mol. The summed E-state index contributed by atoms with van der Waals surface area (Å²) in [7, 11) is 0. The summed E-state index contributed by atoms with van der Waals surface area (Å²) in [6, 6.07) is 7.99. The molecule has 1 saturated heterocycles. The highest BCUT2D eigenvalue weighted by Gasteiger charge is 2.29. The van der Waals surface area contributed by atoms with Gasteiger partial charge in [-0.15, -0.1) is 0 Å². The van der Waals surface area contributed by atoms with Gasteiger partial charge in [0.1, 0.15) is 0 Å². The Balaban J connectivity index is 1.55. The summed E-state index contributed by atoms with van der Waals surface area (Å²) in [6.45, 7) is 3.22. The molecule has 19 heavy (non-hydrogen) atoms. The van der Waals surface area contributed by atoms with E-state index >= 15 is 0 Å². The Bertz CT molecular complexity index is 397. The first kappa shape index (κ1) is 15.1. The molecule has 0 spiro atoms. The van der Waals surface area contributed by atoms with Crippen molar-refractivity contribution >= 4 is 23.4 Å². The van der Waals surface area contributed by atoms with Crippen molar-refractivity contribution in [2.24, 2.45) is 0 Å². The van der Waals surface area contributed by atoms with Crippen LogP contribution in [-0.4, -0.2) is 42.6 Å². The van der Waals surface area contributed by atoms with E-state index in [9.17, 15) is 5.11 Å². The molecule has 3 N–H and O–H groups in total. The molecule has 1 aromatic rings. The predicted molar refractivity (Wildman–Crippen MR) is 82.9 cm³/mol. The normalized spacial score (nSPS) is 22.8. The highest BCUT2D eigenvalue weighted by atomic mass is 35.5. The van der Waals surface area contributed by atoms with Crippen molar-refractivity contribution in [2.75, 3.05) is 31.9 Å². The molecular formula is C14H21ClN2OS. The second kappa shape index (κ2) is 7.50. The van der Waals surface area contributed by atoms with Crippen LogP contribution in [-0.2, 0) is 5.75 Å². The van der Waals surface area contributed by atoms with E-state index in [0.29, 0.717) is 13.1 Å².